The quantitative estimate of drug-likeness (QED) is 0.747. The Morgan fingerprint density at radius 3 is 2.67 bits per heavy atom. The topological polar surface area (TPSA) is 94.7 Å². The molecule has 0 radical (unpaired) electrons. The van der Waals surface area contributed by atoms with Gasteiger partial charge in [-0.2, -0.15) is 10.2 Å². The van der Waals surface area contributed by atoms with E-state index >= 15 is 0 Å². The number of aromatic nitrogens is 4. The number of rotatable bonds is 3. The van der Waals surface area contributed by atoms with Crippen LogP contribution < -0.4 is 5.56 Å². The van der Waals surface area contributed by atoms with Crippen molar-refractivity contribution in [3.05, 3.63) is 58.3 Å². The molecule has 21 heavy (non-hydrogen) atoms. The highest BCUT2D eigenvalue weighted by Gasteiger charge is 2.18. The summed E-state index contributed by atoms with van der Waals surface area (Å²) in [5.74, 6) is -0.267. The first-order valence-electron chi connectivity index (χ1n) is 6.38. The third-order valence-electron chi connectivity index (χ3n) is 3.21. The second kappa shape index (κ2) is 5.20. The number of hydrogen-bond donors (Lipinski definition) is 2. The summed E-state index contributed by atoms with van der Waals surface area (Å²) >= 11 is 0. The Morgan fingerprint density at radius 1 is 1.19 bits per heavy atom. The molecular formula is C14H13N5O2. The lowest BCUT2D eigenvalue weighted by molar-refractivity contribution is 0.0778. The van der Waals surface area contributed by atoms with Crippen LogP contribution in [0.5, 0.6) is 0 Å². The van der Waals surface area contributed by atoms with Gasteiger partial charge in [0.1, 0.15) is 0 Å². The Kier molecular flexibility index (Phi) is 3.23. The van der Waals surface area contributed by atoms with Gasteiger partial charge in [0.05, 0.1) is 17.6 Å². The number of hydrogen-bond acceptors (Lipinski definition) is 4. The maximum absolute atomic E-state index is 12.5. The van der Waals surface area contributed by atoms with E-state index < -0.39 is 0 Å². The Morgan fingerprint density at radius 2 is 1.95 bits per heavy atom. The van der Waals surface area contributed by atoms with Crippen LogP contribution in [0.1, 0.15) is 16.2 Å². The number of fused-ring (bicyclic) bond motifs is 1. The lowest BCUT2D eigenvalue weighted by Crippen LogP contribution is -2.28. The Labute approximate surface area is 119 Å². The molecule has 7 heteroatoms. The Hall–Kier alpha value is -2.96. The van der Waals surface area contributed by atoms with E-state index in [1.807, 2.05) is 0 Å². The Balaban J connectivity index is 1.98. The molecule has 0 spiro atoms. The zero-order valence-corrected chi connectivity index (χ0v) is 11.3. The van der Waals surface area contributed by atoms with E-state index in [0.717, 1.165) is 5.69 Å². The highest BCUT2D eigenvalue weighted by Crippen LogP contribution is 2.14. The van der Waals surface area contributed by atoms with Gasteiger partial charge in [0, 0.05) is 18.6 Å². The largest absolute Gasteiger partial charge is 0.334 e. The number of nitrogens with one attached hydrogen (secondary N) is 2. The van der Waals surface area contributed by atoms with Crippen LogP contribution in [0.4, 0.5) is 0 Å². The van der Waals surface area contributed by atoms with Gasteiger partial charge in [-0.1, -0.05) is 18.2 Å². The molecular weight excluding hydrogens is 270 g/mol. The molecule has 0 unspecified atom stereocenters. The van der Waals surface area contributed by atoms with Crippen molar-refractivity contribution in [3.63, 3.8) is 0 Å². The zero-order valence-electron chi connectivity index (χ0n) is 11.3. The SMILES string of the molecule is CN(Cc1ccn[nH]1)C(=O)c1n[nH]c(=O)c2ccccc12. The van der Waals surface area contributed by atoms with Gasteiger partial charge in [0.15, 0.2) is 5.69 Å². The lowest BCUT2D eigenvalue weighted by atomic mass is 10.1. The van der Waals surface area contributed by atoms with Crippen molar-refractivity contribution < 1.29 is 4.79 Å². The molecule has 2 N–H and O–H groups in total. The summed E-state index contributed by atoms with van der Waals surface area (Å²) in [5.41, 5.74) is 0.741. The lowest BCUT2D eigenvalue weighted by Gasteiger charge is -2.16. The molecule has 106 valence electrons. The van der Waals surface area contributed by atoms with Gasteiger partial charge in [-0.15, -0.1) is 0 Å². The molecule has 1 amide bonds. The molecule has 0 saturated heterocycles. The van der Waals surface area contributed by atoms with Crippen molar-refractivity contribution in [1.29, 1.82) is 0 Å². The van der Waals surface area contributed by atoms with Crippen molar-refractivity contribution in [3.8, 4) is 0 Å². The number of benzene rings is 1. The van der Waals surface area contributed by atoms with Gasteiger partial charge in [-0.3, -0.25) is 14.7 Å². The first-order chi connectivity index (χ1) is 10.2. The average molecular weight is 283 g/mol. The monoisotopic (exact) mass is 283 g/mol. The molecule has 3 rings (SSSR count). The highest BCUT2D eigenvalue weighted by molar-refractivity contribution is 6.04. The summed E-state index contributed by atoms with van der Waals surface area (Å²) < 4.78 is 0. The second-order valence-electron chi connectivity index (χ2n) is 4.69. The predicted molar refractivity (Wildman–Crippen MR) is 76.7 cm³/mol. The first-order valence-corrected chi connectivity index (χ1v) is 6.38. The van der Waals surface area contributed by atoms with Gasteiger partial charge in [-0.05, 0) is 12.1 Å². The molecule has 2 heterocycles. The minimum atomic E-state index is -0.307. The summed E-state index contributed by atoms with van der Waals surface area (Å²) in [4.78, 5) is 25.7. The van der Waals surface area contributed by atoms with Crippen LogP contribution in [0.2, 0.25) is 0 Å². The van der Waals surface area contributed by atoms with Crippen LogP contribution in [0.15, 0.2) is 41.3 Å². The van der Waals surface area contributed by atoms with Crippen LogP contribution in [0.3, 0.4) is 0 Å². The van der Waals surface area contributed by atoms with Crippen molar-refractivity contribution >= 4 is 16.7 Å². The van der Waals surface area contributed by atoms with Gasteiger partial charge >= 0.3 is 0 Å². The minimum absolute atomic E-state index is 0.229. The average Bonchev–Trinajstić information content (AvgIpc) is 3.00. The number of aromatic amines is 2. The summed E-state index contributed by atoms with van der Waals surface area (Å²) in [6.45, 7) is 0.383. The number of nitrogens with zero attached hydrogens (tertiary/aromatic N) is 3. The zero-order chi connectivity index (χ0) is 14.8. The minimum Gasteiger partial charge on any atom is -0.334 e. The van der Waals surface area contributed by atoms with E-state index in [4.69, 9.17) is 0 Å². The molecule has 2 aromatic heterocycles. The Bertz CT molecular complexity index is 838. The fourth-order valence-corrected chi connectivity index (χ4v) is 2.16. The number of carbonyl (C=O) groups excluding carboxylic acids is 1. The molecule has 0 aliphatic heterocycles. The second-order valence-corrected chi connectivity index (χ2v) is 4.69. The van der Waals surface area contributed by atoms with Gasteiger partial charge in [0.2, 0.25) is 0 Å². The van der Waals surface area contributed by atoms with Crippen LogP contribution >= 0.6 is 0 Å². The number of carbonyl (C=O) groups is 1. The van der Waals surface area contributed by atoms with Crippen LogP contribution in [-0.2, 0) is 6.54 Å². The van der Waals surface area contributed by atoms with E-state index in [1.54, 1.807) is 43.6 Å². The third-order valence-corrected chi connectivity index (χ3v) is 3.21. The molecule has 0 bridgehead atoms. The van der Waals surface area contributed by atoms with Crippen molar-refractivity contribution in [2.45, 2.75) is 6.54 Å². The van der Waals surface area contributed by atoms with Crippen LogP contribution in [0.25, 0.3) is 10.8 Å². The maximum atomic E-state index is 12.5. The number of H-pyrrole nitrogens is 2. The van der Waals surface area contributed by atoms with Gasteiger partial charge in [-0.25, -0.2) is 5.10 Å². The van der Waals surface area contributed by atoms with Crippen molar-refractivity contribution in [2.75, 3.05) is 7.05 Å². The first kappa shape index (κ1) is 13.0. The molecule has 3 aromatic rings. The predicted octanol–water partition coefficient (Wildman–Crippen LogP) is 0.918. The van der Waals surface area contributed by atoms with Gasteiger partial charge in [0.25, 0.3) is 11.5 Å². The smallest absolute Gasteiger partial charge is 0.275 e. The molecule has 7 nitrogen and oxygen atoms in total. The molecule has 0 fully saturated rings. The summed E-state index contributed by atoms with van der Waals surface area (Å²) in [6, 6.07) is 8.70. The molecule has 1 aromatic carbocycles. The van der Waals surface area contributed by atoms with Crippen LogP contribution in [-0.4, -0.2) is 38.2 Å². The third kappa shape index (κ3) is 2.40. The van der Waals surface area contributed by atoms with E-state index in [0.29, 0.717) is 17.3 Å². The fraction of sp³-hybridized carbons (Fsp3) is 0.143. The maximum Gasteiger partial charge on any atom is 0.275 e. The van der Waals surface area contributed by atoms with E-state index in [-0.39, 0.29) is 17.2 Å². The highest BCUT2D eigenvalue weighted by atomic mass is 16.2. The normalized spacial score (nSPS) is 10.7. The van der Waals surface area contributed by atoms with Crippen molar-refractivity contribution in [1.82, 2.24) is 25.3 Å². The van der Waals surface area contributed by atoms with E-state index in [1.165, 1.54) is 4.90 Å². The van der Waals surface area contributed by atoms with E-state index in [2.05, 4.69) is 20.4 Å². The molecule has 0 saturated carbocycles. The molecule has 0 aliphatic carbocycles. The van der Waals surface area contributed by atoms with E-state index in [9.17, 15) is 9.59 Å². The summed E-state index contributed by atoms with van der Waals surface area (Å²) in [7, 11) is 1.67. The standard InChI is InChI=1S/C14H13N5O2/c1-19(8-9-6-7-15-16-9)14(21)12-10-4-2-3-5-11(10)13(20)18-17-12/h2-7H,8H2,1H3,(H,15,16)(H,18,20). The molecule has 0 atom stereocenters. The summed E-state index contributed by atoms with van der Waals surface area (Å²) in [6.07, 6.45) is 1.63. The summed E-state index contributed by atoms with van der Waals surface area (Å²) in [5, 5.41) is 13.9. The fourth-order valence-electron chi connectivity index (χ4n) is 2.16. The van der Waals surface area contributed by atoms with Crippen molar-refractivity contribution in [2.24, 2.45) is 0 Å². The number of amides is 1. The molecule has 0 aliphatic rings. The van der Waals surface area contributed by atoms with Crippen LogP contribution in [0, 0.1) is 0 Å². The van der Waals surface area contributed by atoms with Gasteiger partial charge < -0.3 is 4.90 Å².